The zero-order valence-electron chi connectivity index (χ0n) is 12.1. The van der Waals surface area contributed by atoms with Crippen LogP contribution in [0.4, 0.5) is 0 Å². The van der Waals surface area contributed by atoms with Gasteiger partial charge in [-0.1, -0.05) is 12.1 Å². The Morgan fingerprint density at radius 2 is 1.94 bits per heavy atom. The summed E-state index contributed by atoms with van der Waals surface area (Å²) < 4.78 is 11.4. The first-order valence-electron chi connectivity index (χ1n) is 6.53. The van der Waals surface area contributed by atoms with E-state index in [1.165, 1.54) is 0 Å². The van der Waals surface area contributed by atoms with Gasteiger partial charge in [0.05, 0.1) is 17.7 Å². The molecule has 1 unspecified atom stereocenters. The van der Waals surface area contributed by atoms with E-state index >= 15 is 0 Å². The van der Waals surface area contributed by atoms with Gasteiger partial charge in [-0.25, -0.2) is 0 Å². The van der Waals surface area contributed by atoms with Crippen LogP contribution >= 0.6 is 0 Å². The molecule has 3 heteroatoms. The molecule has 1 aromatic carbocycles. The fourth-order valence-electron chi connectivity index (χ4n) is 1.92. The van der Waals surface area contributed by atoms with Crippen LogP contribution in [0.15, 0.2) is 24.3 Å². The van der Waals surface area contributed by atoms with Crippen molar-refractivity contribution in [2.45, 2.75) is 52.4 Å². The molecule has 1 atom stereocenters. The van der Waals surface area contributed by atoms with Crippen molar-refractivity contribution in [3.8, 4) is 5.75 Å². The van der Waals surface area contributed by atoms with Gasteiger partial charge in [-0.15, -0.1) is 0 Å². The number of hydrogen-bond donors (Lipinski definition) is 1. The molecule has 1 rings (SSSR count). The molecule has 0 heterocycles. The van der Waals surface area contributed by atoms with Gasteiger partial charge in [-0.3, -0.25) is 0 Å². The van der Waals surface area contributed by atoms with Crippen molar-refractivity contribution in [1.29, 1.82) is 0 Å². The maximum Gasteiger partial charge on any atom is 0.120 e. The number of hydrogen-bond acceptors (Lipinski definition) is 3. The zero-order valence-corrected chi connectivity index (χ0v) is 12.1. The van der Waals surface area contributed by atoms with E-state index in [9.17, 15) is 0 Å². The summed E-state index contributed by atoms with van der Waals surface area (Å²) in [6.07, 6.45) is 0.163. The predicted octanol–water partition coefficient (Wildman–Crippen LogP) is 3.29. The highest BCUT2D eigenvalue weighted by Crippen LogP contribution is 2.28. The largest absolute Gasteiger partial charge is 0.491 e. The van der Waals surface area contributed by atoms with Crippen molar-refractivity contribution in [3.63, 3.8) is 0 Å². The van der Waals surface area contributed by atoms with Crippen molar-refractivity contribution >= 4 is 0 Å². The van der Waals surface area contributed by atoms with E-state index in [0.29, 0.717) is 6.61 Å². The summed E-state index contributed by atoms with van der Waals surface area (Å²) in [4.78, 5) is 0. The van der Waals surface area contributed by atoms with Gasteiger partial charge < -0.3 is 15.2 Å². The molecule has 0 fully saturated rings. The first-order chi connectivity index (χ1) is 8.36. The first kappa shape index (κ1) is 15.0. The summed E-state index contributed by atoms with van der Waals surface area (Å²) in [7, 11) is 0. The van der Waals surface area contributed by atoms with Crippen LogP contribution in [-0.2, 0) is 4.74 Å². The van der Waals surface area contributed by atoms with Crippen LogP contribution in [0.1, 0.15) is 46.2 Å². The molecular formula is C15H25NO2. The molecule has 2 N–H and O–H groups in total. The highest BCUT2D eigenvalue weighted by Gasteiger charge is 2.28. The molecule has 0 bridgehead atoms. The van der Waals surface area contributed by atoms with Crippen LogP contribution in [0.5, 0.6) is 5.75 Å². The van der Waals surface area contributed by atoms with Crippen LogP contribution in [0.2, 0.25) is 0 Å². The van der Waals surface area contributed by atoms with Crippen LogP contribution in [0.3, 0.4) is 0 Å². The van der Waals surface area contributed by atoms with E-state index < -0.39 is 0 Å². The normalized spacial score (nSPS) is 13.7. The number of rotatable bonds is 6. The second-order valence-corrected chi connectivity index (χ2v) is 5.25. The summed E-state index contributed by atoms with van der Waals surface area (Å²) in [5, 5.41) is 0. The number of benzene rings is 1. The van der Waals surface area contributed by atoms with Gasteiger partial charge in [0, 0.05) is 6.61 Å². The van der Waals surface area contributed by atoms with Crippen LogP contribution < -0.4 is 10.5 Å². The number of ether oxygens (including phenoxy) is 2. The van der Waals surface area contributed by atoms with E-state index in [1.54, 1.807) is 0 Å². The minimum atomic E-state index is -0.384. The second-order valence-electron chi connectivity index (χ2n) is 5.25. The highest BCUT2D eigenvalue weighted by atomic mass is 16.5. The molecule has 0 aliphatic carbocycles. The van der Waals surface area contributed by atoms with Gasteiger partial charge in [0.15, 0.2) is 0 Å². The molecule has 1 aromatic rings. The van der Waals surface area contributed by atoms with Crippen molar-refractivity contribution < 1.29 is 9.47 Å². The Morgan fingerprint density at radius 1 is 1.28 bits per heavy atom. The van der Waals surface area contributed by atoms with Gasteiger partial charge in [0.1, 0.15) is 5.75 Å². The Hall–Kier alpha value is -1.06. The summed E-state index contributed by atoms with van der Waals surface area (Å²) in [6.45, 7) is 10.7. The third kappa shape index (κ3) is 4.00. The highest BCUT2D eigenvalue weighted by molar-refractivity contribution is 5.31. The smallest absolute Gasteiger partial charge is 0.120 e. The minimum Gasteiger partial charge on any atom is -0.491 e. The Labute approximate surface area is 110 Å². The third-order valence-electron chi connectivity index (χ3n) is 2.85. The molecule has 0 aliphatic heterocycles. The fraction of sp³-hybridized carbons (Fsp3) is 0.600. The van der Waals surface area contributed by atoms with Crippen molar-refractivity contribution in [2.24, 2.45) is 5.73 Å². The van der Waals surface area contributed by atoms with Gasteiger partial charge >= 0.3 is 0 Å². The van der Waals surface area contributed by atoms with Crippen molar-refractivity contribution in [2.75, 3.05) is 6.61 Å². The van der Waals surface area contributed by atoms with E-state index in [2.05, 4.69) is 0 Å². The Balaban J connectivity index is 2.88. The Kier molecular flexibility index (Phi) is 5.17. The third-order valence-corrected chi connectivity index (χ3v) is 2.85. The average molecular weight is 251 g/mol. The molecule has 102 valence electrons. The molecule has 0 spiro atoms. The number of nitrogens with two attached hydrogens (primary N) is 1. The van der Waals surface area contributed by atoms with E-state index in [4.69, 9.17) is 15.2 Å². The SMILES string of the molecule is CCOC(C)(C)C(N)c1cccc(OC(C)C)c1. The quantitative estimate of drug-likeness (QED) is 0.843. The Bertz CT molecular complexity index is 375. The molecule has 0 saturated carbocycles. The summed E-state index contributed by atoms with van der Waals surface area (Å²) in [5.41, 5.74) is 6.93. The lowest BCUT2D eigenvalue weighted by molar-refractivity contribution is -0.0298. The molecule has 3 nitrogen and oxygen atoms in total. The van der Waals surface area contributed by atoms with Crippen LogP contribution in [0, 0.1) is 0 Å². The summed E-state index contributed by atoms with van der Waals surface area (Å²) in [5.74, 6) is 0.852. The topological polar surface area (TPSA) is 44.5 Å². The standard InChI is InChI=1S/C15H25NO2/c1-6-17-15(4,5)14(16)12-8-7-9-13(10-12)18-11(2)3/h7-11,14H,6,16H2,1-5H3. The molecule has 0 amide bonds. The van der Waals surface area contributed by atoms with Crippen molar-refractivity contribution in [3.05, 3.63) is 29.8 Å². The van der Waals surface area contributed by atoms with E-state index in [-0.39, 0.29) is 17.7 Å². The maximum atomic E-state index is 6.28. The summed E-state index contributed by atoms with van der Waals surface area (Å²) in [6, 6.07) is 7.75. The van der Waals surface area contributed by atoms with Gasteiger partial charge in [0.25, 0.3) is 0 Å². The maximum absolute atomic E-state index is 6.28. The van der Waals surface area contributed by atoms with Crippen LogP contribution in [-0.4, -0.2) is 18.3 Å². The predicted molar refractivity (Wildman–Crippen MR) is 74.8 cm³/mol. The lowest BCUT2D eigenvalue weighted by atomic mass is 9.92. The second kappa shape index (κ2) is 6.21. The monoisotopic (exact) mass is 251 g/mol. The van der Waals surface area contributed by atoms with Gasteiger partial charge in [0.2, 0.25) is 0 Å². The van der Waals surface area contributed by atoms with Gasteiger partial charge in [-0.2, -0.15) is 0 Å². The minimum absolute atomic E-state index is 0.163. The molecule has 18 heavy (non-hydrogen) atoms. The summed E-state index contributed by atoms with van der Waals surface area (Å²) >= 11 is 0. The molecule has 0 aromatic heterocycles. The fourth-order valence-corrected chi connectivity index (χ4v) is 1.92. The zero-order chi connectivity index (χ0) is 13.8. The molecule has 0 saturated heterocycles. The average Bonchev–Trinajstić information content (AvgIpc) is 2.27. The molecular weight excluding hydrogens is 226 g/mol. The van der Waals surface area contributed by atoms with Crippen LogP contribution in [0.25, 0.3) is 0 Å². The molecule has 0 radical (unpaired) electrons. The Morgan fingerprint density at radius 3 is 2.50 bits per heavy atom. The lowest BCUT2D eigenvalue weighted by Gasteiger charge is -2.31. The van der Waals surface area contributed by atoms with E-state index in [0.717, 1.165) is 11.3 Å². The van der Waals surface area contributed by atoms with E-state index in [1.807, 2.05) is 58.9 Å². The van der Waals surface area contributed by atoms with Crippen molar-refractivity contribution in [1.82, 2.24) is 0 Å². The lowest BCUT2D eigenvalue weighted by Crippen LogP contribution is -2.38. The van der Waals surface area contributed by atoms with Gasteiger partial charge in [-0.05, 0) is 52.3 Å². The first-order valence-corrected chi connectivity index (χ1v) is 6.53. The molecule has 0 aliphatic rings.